The first-order valence-electron chi connectivity index (χ1n) is 9.27. The van der Waals surface area contributed by atoms with Gasteiger partial charge >= 0.3 is 0 Å². The molecule has 158 valence electrons. The molecule has 3 rings (SSSR count). The maximum absolute atomic E-state index is 12.8. The van der Waals surface area contributed by atoms with Gasteiger partial charge in [-0.3, -0.25) is 19.1 Å². The zero-order chi connectivity index (χ0) is 22.7. The molecule has 1 amide bonds. The van der Waals surface area contributed by atoms with Crippen molar-refractivity contribution < 1.29 is 4.79 Å². The van der Waals surface area contributed by atoms with Gasteiger partial charge in [0.25, 0.3) is 11.5 Å². The molecule has 1 fully saturated rings. The van der Waals surface area contributed by atoms with E-state index in [9.17, 15) is 14.9 Å². The van der Waals surface area contributed by atoms with E-state index in [4.69, 9.17) is 23.8 Å². The molecule has 0 spiro atoms. The molecule has 0 aliphatic carbocycles. The van der Waals surface area contributed by atoms with Crippen LogP contribution in [0.2, 0.25) is 5.02 Å². The number of nitriles is 1. The number of carbonyl (C=O) groups excluding carboxylic acids is 1. The van der Waals surface area contributed by atoms with Gasteiger partial charge in [-0.05, 0) is 30.2 Å². The van der Waals surface area contributed by atoms with E-state index in [1.807, 2.05) is 24.3 Å². The Kier molecular flexibility index (Phi) is 7.01. The van der Waals surface area contributed by atoms with Gasteiger partial charge in [0.2, 0.25) is 0 Å². The number of pyridine rings is 1. The molecule has 1 aromatic carbocycles. The van der Waals surface area contributed by atoms with Crippen LogP contribution >= 0.6 is 35.6 Å². The normalized spacial score (nSPS) is 14.8. The summed E-state index contributed by atoms with van der Waals surface area (Å²) >= 11 is 12.7. The van der Waals surface area contributed by atoms with Crippen LogP contribution in [0, 0.1) is 18.3 Å². The number of hydrogen-bond acceptors (Lipinski definition) is 6. The quantitative estimate of drug-likeness (QED) is 0.387. The third kappa shape index (κ3) is 4.44. The lowest BCUT2D eigenvalue weighted by atomic mass is 10.0. The Morgan fingerprint density at radius 3 is 2.71 bits per heavy atom. The van der Waals surface area contributed by atoms with E-state index in [2.05, 4.69) is 11.9 Å². The van der Waals surface area contributed by atoms with E-state index < -0.39 is 5.56 Å². The Balaban J connectivity index is 2.11. The van der Waals surface area contributed by atoms with E-state index in [1.165, 1.54) is 21.2 Å². The van der Waals surface area contributed by atoms with Crippen molar-refractivity contribution in [3.8, 4) is 6.07 Å². The summed E-state index contributed by atoms with van der Waals surface area (Å²) in [6.07, 6.45) is 3.28. The van der Waals surface area contributed by atoms with Crippen molar-refractivity contribution in [2.75, 3.05) is 11.9 Å². The lowest BCUT2D eigenvalue weighted by Crippen LogP contribution is -2.28. The van der Waals surface area contributed by atoms with Crippen LogP contribution in [0.1, 0.15) is 22.3 Å². The number of hydrogen-bond donors (Lipinski definition) is 1. The second-order valence-corrected chi connectivity index (χ2v) is 8.85. The Labute approximate surface area is 194 Å². The topological polar surface area (TPSA) is 78.1 Å². The van der Waals surface area contributed by atoms with Crippen molar-refractivity contribution in [2.45, 2.75) is 13.5 Å². The molecule has 1 aliphatic heterocycles. The number of benzene rings is 1. The van der Waals surface area contributed by atoms with E-state index >= 15 is 0 Å². The van der Waals surface area contributed by atoms with E-state index in [-0.39, 0.29) is 11.5 Å². The molecule has 2 aromatic rings. The Hall–Kier alpha value is -2.86. The first-order chi connectivity index (χ1) is 14.8. The number of thioether (sulfide) groups is 1. The first kappa shape index (κ1) is 22.8. The van der Waals surface area contributed by atoms with Crippen molar-refractivity contribution in [3.63, 3.8) is 0 Å². The number of rotatable bonds is 6. The molecular weight excluding hydrogens is 452 g/mol. The van der Waals surface area contributed by atoms with Gasteiger partial charge in [-0.1, -0.05) is 59.9 Å². The maximum atomic E-state index is 12.8. The number of amides is 1. The second kappa shape index (κ2) is 9.52. The Morgan fingerprint density at radius 2 is 2.06 bits per heavy atom. The summed E-state index contributed by atoms with van der Waals surface area (Å²) < 4.78 is 1.81. The molecule has 1 saturated heterocycles. The second-order valence-electron chi connectivity index (χ2n) is 6.76. The van der Waals surface area contributed by atoms with Gasteiger partial charge in [0.05, 0.1) is 4.91 Å². The number of anilines is 1. The van der Waals surface area contributed by atoms with Gasteiger partial charge in [-0.15, -0.1) is 6.58 Å². The van der Waals surface area contributed by atoms with E-state index in [0.717, 1.165) is 5.56 Å². The third-order valence-electron chi connectivity index (χ3n) is 4.86. The number of nitrogens with zero attached hydrogens (tertiary/aromatic N) is 3. The van der Waals surface area contributed by atoms with Crippen LogP contribution in [-0.2, 0) is 18.4 Å². The van der Waals surface area contributed by atoms with Gasteiger partial charge < -0.3 is 5.32 Å². The molecule has 1 aromatic heterocycles. The van der Waals surface area contributed by atoms with Gasteiger partial charge in [-0.2, -0.15) is 5.26 Å². The fourth-order valence-electron chi connectivity index (χ4n) is 3.18. The van der Waals surface area contributed by atoms with Crippen LogP contribution in [-0.4, -0.2) is 26.2 Å². The molecule has 0 saturated carbocycles. The zero-order valence-corrected chi connectivity index (χ0v) is 19.3. The first-order valence-corrected chi connectivity index (χ1v) is 10.9. The molecular formula is C22H19ClN4O2S2. The van der Waals surface area contributed by atoms with E-state index in [0.29, 0.717) is 44.3 Å². The smallest absolute Gasteiger partial charge is 0.270 e. The van der Waals surface area contributed by atoms with Crippen LogP contribution in [0.4, 0.5) is 5.82 Å². The van der Waals surface area contributed by atoms with Crippen molar-refractivity contribution in [3.05, 3.63) is 79.5 Å². The predicted octanol–water partition coefficient (Wildman–Crippen LogP) is 4.22. The van der Waals surface area contributed by atoms with Crippen LogP contribution in [0.5, 0.6) is 0 Å². The molecule has 6 nitrogen and oxygen atoms in total. The summed E-state index contributed by atoms with van der Waals surface area (Å²) in [6, 6.07) is 9.35. The van der Waals surface area contributed by atoms with Crippen molar-refractivity contribution in [1.29, 1.82) is 5.26 Å². The van der Waals surface area contributed by atoms with Crippen molar-refractivity contribution in [1.82, 2.24) is 9.47 Å². The highest BCUT2D eigenvalue weighted by Gasteiger charge is 2.32. The Morgan fingerprint density at radius 1 is 1.35 bits per heavy atom. The summed E-state index contributed by atoms with van der Waals surface area (Å²) in [6.45, 7) is 6.02. The minimum absolute atomic E-state index is 0.0265. The molecule has 0 unspecified atom stereocenters. The molecule has 31 heavy (non-hydrogen) atoms. The number of carbonyl (C=O) groups is 1. The summed E-state index contributed by atoms with van der Waals surface area (Å²) in [5.41, 5.74) is 1.52. The Bertz CT molecular complexity index is 1230. The largest absolute Gasteiger partial charge is 0.367 e. The predicted molar refractivity (Wildman–Crippen MR) is 130 cm³/mol. The van der Waals surface area contributed by atoms with Gasteiger partial charge in [0, 0.05) is 30.7 Å². The highest BCUT2D eigenvalue weighted by Crippen LogP contribution is 2.35. The van der Waals surface area contributed by atoms with E-state index in [1.54, 1.807) is 32.2 Å². The highest BCUT2D eigenvalue weighted by molar-refractivity contribution is 8.26. The average molecular weight is 471 g/mol. The number of halogens is 1. The molecule has 1 aliphatic rings. The molecule has 0 radical (unpaired) electrons. The average Bonchev–Trinajstić information content (AvgIpc) is 3.01. The van der Waals surface area contributed by atoms with Crippen LogP contribution in [0.15, 0.2) is 46.6 Å². The van der Waals surface area contributed by atoms with Gasteiger partial charge in [0.1, 0.15) is 21.8 Å². The summed E-state index contributed by atoms with van der Waals surface area (Å²) in [5, 5.41) is 13.4. The van der Waals surface area contributed by atoms with Crippen LogP contribution in [0.25, 0.3) is 6.08 Å². The standard InChI is InChI=1S/C22H19ClN4O2S2/c1-4-9-27-21(29)18(31-22(27)30)10-15-13(2)16(11-24)20(28)26(3)19(15)25-12-14-7-5-6-8-17(14)23/h4-8,10,25H,1,9,12H2,2-3H3/b18-10+. The number of aromatic nitrogens is 1. The lowest BCUT2D eigenvalue weighted by Gasteiger charge is -2.18. The summed E-state index contributed by atoms with van der Waals surface area (Å²) in [4.78, 5) is 27.4. The molecule has 0 bridgehead atoms. The number of thiocarbonyl (C=S) groups is 1. The SMILES string of the molecule is C=CCN1C(=O)/C(=C\c2c(C)c(C#N)c(=O)n(C)c2NCc2ccccc2Cl)SC1=S. The minimum atomic E-state index is -0.419. The summed E-state index contributed by atoms with van der Waals surface area (Å²) in [7, 11) is 1.58. The molecule has 1 N–H and O–H groups in total. The van der Waals surface area contributed by atoms with Crippen molar-refractivity contribution in [2.24, 2.45) is 7.05 Å². The minimum Gasteiger partial charge on any atom is -0.367 e. The van der Waals surface area contributed by atoms with Crippen LogP contribution in [0.3, 0.4) is 0 Å². The lowest BCUT2D eigenvalue weighted by molar-refractivity contribution is -0.121. The van der Waals surface area contributed by atoms with Crippen molar-refractivity contribution >= 4 is 57.7 Å². The fourth-order valence-corrected chi connectivity index (χ4v) is 4.64. The monoisotopic (exact) mass is 470 g/mol. The highest BCUT2D eigenvalue weighted by atomic mass is 35.5. The van der Waals surface area contributed by atoms with Gasteiger partial charge in [-0.25, -0.2) is 0 Å². The zero-order valence-electron chi connectivity index (χ0n) is 16.9. The molecule has 0 atom stereocenters. The maximum Gasteiger partial charge on any atom is 0.270 e. The molecule has 2 heterocycles. The number of nitrogens with one attached hydrogen (secondary N) is 1. The summed E-state index contributed by atoms with van der Waals surface area (Å²) in [5.74, 6) is 0.245. The molecule has 9 heteroatoms. The fraction of sp³-hybridized carbons (Fsp3) is 0.182. The van der Waals surface area contributed by atoms with Crippen LogP contribution < -0.4 is 10.9 Å². The third-order valence-corrected chi connectivity index (χ3v) is 6.61. The van der Waals surface area contributed by atoms with Gasteiger partial charge in [0.15, 0.2) is 0 Å².